The van der Waals surface area contributed by atoms with Gasteiger partial charge in [0.15, 0.2) is 0 Å². The number of nitrogens with zero attached hydrogens (tertiary/aromatic N) is 3. The van der Waals surface area contributed by atoms with Crippen molar-refractivity contribution < 1.29 is 39.6 Å². The number of rotatable bonds is 11. The number of amides is 2. The highest BCUT2D eigenvalue weighted by Gasteiger charge is 2.21. The Bertz CT molecular complexity index is 2680. The van der Waals surface area contributed by atoms with Gasteiger partial charge in [-0.25, -0.2) is 36.2 Å². The first-order valence-electron chi connectivity index (χ1n) is 16.2. The average molecular weight is 861 g/mol. The lowest BCUT2D eigenvalue weighted by Gasteiger charge is -2.12. The Balaban J connectivity index is 0.000000218. The summed E-state index contributed by atoms with van der Waals surface area (Å²) < 4.78 is 87.4. The summed E-state index contributed by atoms with van der Waals surface area (Å²) in [7, 11) is -8.35. The summed E-state index contributed by atoms with van der Waals surface area (Å²) >= 11 is 12.1. The highest BCUT2D eigenvalue weighted by atomic mass is 35.5. The van der Waals surface area contributed by atoms with Crippen LogP contribution in [0.15, 0.2) is 126 Å². The Labute approximate surface area is 334 Å². The molecule has 2 amide bonds. The molecule has 2 aromatic heterocycles. The van der Waals surface area contributed by atoms with E-state index in [4.69, 9.17) is 33.5 Å². The van der Waals surface area contributed by atoms with E-state index in [1.165, 1.54) is 36.5 Å². The number of aromatic nitrogens is 3. The Morgan fingerprint density at radius 3 is 1.58 bits per heavy atom. The third-order valence-corrected chi connectivity index (χ3v) is 10.5. The van der Waals surface area contributed by atoms with Crippen LogP contribution in [0.4, 0.5) is 24.5 Å². The Kier molecular flexibility index (Phi) is 13.5. The van der Waals surface area contributed by atoms with E-state index < -0.39 is 38.3 Å². The maximum Gasteiger partial charge on any atom is 0.333 e. The van der Waals surface area contributed by atoms with Crippen LogP contribution in [-0.4, -0.2) is 43.4 Å². The monoisotopic (exact) mass is 859 g/mol. The number of hydrogen-bond acceptors (Lipinski definition) is 8. The van der Waals surface area contributed by atoms with E-state index in [-0.39, 0.29) is 62.2 Å². The van der Waals surface area contributed by atoms with Crippen LogP contribution in [0.25, 0.3) is 22.3 Å². The molecule has 0 aliphatic carbocycles. The first-order valence-corrected chi connectivity index (χ1v) is 20.1. The van der Waals surface area contributed by atoms with Gasteiger partial charge in [0.1, 0.15) is 5.82 Å². The van der Waals surface area contributed by atoms with Gasteiger partial charge in [0.25, 0.3) is 0 Å². The topological polar surface area (TPSA) is 209 Å². The summed E-state index contributed by atoms with van der Waals surface area (Å²) in [5.41, 5.74) is 2.30. The van der Waals surface area contributed by atoms with Gasteiger partial charge in [-0.1, -0.05) is 71.7 Å². The van der Waals surface area contributed by atoms with E-state index >= 15 is 0 Å². The summed E-state index contributed by atoms with van der Waals surface area (Å²) in [5.74, 6) is -1.42. The standard InChI is InChI=1S/C19H15ClFN3O3S.C18H15ClF2N4O3S/c20-17-4-2-1-3-12(17)8-19(25)24-15-5-6-16(18(9-15)28(22,26)27)13-7-14(21)11-23-10-13;19-15-4-2-1-3-11(15)7-17(26)24-13-5-6-14(16(8-13)29(22,27)28)12-9-23-25(10-12)18(20)21/h1-7,9-11H,8H2,(H,24,25)(H2,22,26,27);1-6,8-10,18H,7H2,(H,24,26)(H2,22,27,28). The van der Waals surface area contributed by atoms with Crippen molar-refractivity contribution in [2.75, 3.05) is 10.6 Å². The van der Waals surface area contributed by atoms with Gasteiger partial charge in [-0.05, 0) is 53.6 Å². The molecule has 6 N–H and O–H groups in total. The molecule has 0 saturated heterocycles. The number of alkyl halides is 2. The Morgan fingerprint density at radius 1 is 0.684 bits per heavy atom. The van der Waals surface area contributed by atoms with Crippen LogP contribution >= 0.6 is 23.2 Å². The molecule has 296 valence electrons. The number of primary sulfonamides is 2. The molecule has 6 aromatic rings. The lowest BCUT2D eigenvalue weighted by Crippen LogP contribution is -2.17. The first-order chi connectivity index (χ1) is 26.9. The number of halogens is 5. The van der Waals surface area contributed by atoms with Crippen LogP contribution in [0.1, 0.15) is 17.7 Å². The normalized spacial score (nSPS) is 11.4. The largest absolute Gasteiger partial charge is 0.333 e. The van der Waals surface area contributed by atoms with Gasteiger partial charge in [0.05, 0.1) is 35.0 Å². The van der Waals surface area contributed by atoms with Gasteiger partial charge in [-0.2, -0.15) is 13.9 Å². The van der Waals surface area contributed by atoms with Gasteiger partial charge in [0.2, 0.25) is 31.9 Å². The second kappa shape index (κ2) is 18.1. The Morgan fingerprint density at radius 2 is 1.16 bits per heavy atom. The maximum absolute atomic E-state index is 13.5. The van der Waals surface area contributed by atoms with Crippen LogP contribution in [0, 0.1) is 5.82 Å². The number of sulfonamides is 2. The van der Waals surface area contributed by atoms with E-state index in [2.05, 4.69) is 20.7 Å². The van der Waals surface area contributed by atoms with Gasteiger partial charge in [0, 0.05) is 56.1 Å². The molecule has 0 unspecified atom stereocenters. The van der Waals surface area contributed by atoms with Crippen LogP contribution in [-0.2, 0) is 42.5 Å². The van der Waals surface area contributed by atoms with Crippen molar-refractivity contribution in [2.24, 2.45) is 10.3 Å². The minimum Gasteiger partial charge on any atom is -0.326 e. The highest BCUT2D eigenvalue weighted by Crippen LogP contribution is 2.31. The van der Waals surface area contributed by atoms with Crippen molar-refractivity contribution in [3.05, 3.63) is 143 Å². The molecule has 6 rings (SSSR count). The predicted molar refractivity (Wildman–Crippen MR) is 209 cm³/mol. The predicted octanol–water partition coefficient (Wildman–Crippen LogP) is 6.80. The SMILES string of the molecule is NS(=O)(=O)c1cc(NC(=O)Cc2ccccc2Cl)ccc1-c1cncc(F)c1.NS(=O)(=O)c1cc(NC(=O)Cc2ccccc2Cl)ccc1-c1cnn(C(F)F)c1. The molecule has 2 heterocycles. The van der Waals surface area contributed by atoms with Crippen molar-refractivity contribution in [1.29, 1.82) is 0 Å². The fourth-order valence-electron chi connectivity index (χ4n) is 5.33. The molecule has 0 fully saturated rings. The van der Waals surface area contributed by atoms with Crippen molar-refractivity contribution in [3.8, 4) is 22.3 Å². The second-order valence-electron chi connectivity index (χ2n) is 12.0. The zero-order chi connectivity index (χ0) is 41.5. The average Bonchev–Trinajstić information content (AvgIpc) is 3.64. The number of carbonyl (C=O) groups is 2. The van der Waals surface area contributed by atoms with E-state index in [1.807, 2.05) is 0 Å². The molecule has 0 spiro atoms. The van der Waals surface area contributed by atoms with Gasteiger partial charge in [-0.15, -0.1) is 0 Å². The second-order valence-corrected chi connectivity index (χ2v) is 15.9. The lowest BCUT2D eigenvalue weighted by atomic mass is 10.1. The molecule has 57 heavy (non-hydrogen) atoms. The van der Waals surface area contributed by atoms with E-state index in [0.717, 1.165) is 30.7 Å². The number of carbonyl (C=O) groups excluding carboxylic acids is 2. The molecule has 0 bridgehead atoms. The van der Waals surface area contributed by atoms with Crippen molar-refractivity contribution in [1.82, 2.24) is 14.8 Å². The Hall–Kier alpha value is -5.63. The van der Waals surface area contributed by atoms with Gasteiger partial charge < -0.3 is 10.6 Å². The smallest absolute Gasteiger partial charge is 0.326 e. The zero-order valence-corrected chi connectivity index (χ0v) is 32.3. The lowest BCUT2D eigenvalue weighted by molar-refractivity contribution is -0.116. The first kappa shape index (κ1) is 42.5. The number of hydrogen-bond donors (Lipinski definition) is 4. The highest BCUT2D eigenvalue weighted by molar-refractivity contribution is 7.89. The van der Waals surface area contributed by atoms with Crippen molar-refractivity contribution >= 4 is 66.4 Å². The van der Waals surface area contributed by atoms with E-state index in [9.17, 15) is 39.6 Å². The summed E-state index contributed by atoms with van der Waals surface area (Å²) in [4.78, 5) is 27.7. The van der Waals surface area contributed by atoms with Gasteiger partial charge >= 0.3 is 6.55 Å². The molecular weight excluding hydrogens is 830 g/mol. The summed E-state index contributed by atoms with van der Waals surface area (Å²) in [6, 6.07) is 23.0. The van der Waals surface area contributed by atoms with Crippen molar-refractivity contribution in [2.45, 2.75) is 29.2 Å². The maximum atomic E-state index is 13.5. The van der Waals surface area contributed by atoms with Crippen LogP contribution in [0.3, 0.4) is 0 Å². The molecule has 0 radical (unpaired) electrons. The molecule has 0 saturated carbocycles. The quantitative estimate of drug-likeness (QED) is 0.109. The summed E-state index contributed by atoms with van der Waals surface area (Å²) in [6.45, 7) is -2.87. The minimum absolute atomic E-state index is 0.0138. The molecule has 4 aromatic carbocycles. The molecule has 20 heteroatoms. The van der Waals surface area contributed by atoms with Crippen LogP contribution < -0.4 is 20.9 Å². The van der Waals surface area contributed by atoms with Crippen LogP contribution in [0.2, 0.25) is 10.0 Å². The fourth-order valence-corrected chi connectivity index (χ4v) is 7.30. The number of nitrogens with two attached hydrogens (primary N) is 2. The molecular formula is C37H30Cl2F3N7O6S2. The number of anilines is 2. The minimum atomic E-state index is -4.21. The van der Waals surface area contributed by atoms with Crippen molar-refractivity contribution in [3.63, 3.8) is 0 Å². The van der Waals surface area contributed by atoms with E-state index in [1.54, 1.807) is 48.5 Å². The molecule has 0 aliphatic rings. The third-order valence-electron chi connectivity index (χ3n) is 7.89. The zero-order valence-electron chi connectivity index (χ0n) is 29.1. The molecule has 0 aliphatic heterocycles. The molecule has 13 nitrogen and oxygen atoms in total. The third kappa shape index (κ3) is 11.5. The fraction of sp³-hybridized carbons (Fsp3) is 0.0811. The number of benzene rings is 4. The van der Waals surface area contributed by atoms with Gasteiger partial charge in [-0.3, -0.25) is 14.6 Å². The summed E-state index contributed by atoms with van der Waals surface area (Å²) in [6.07, 6.45) is 4.43. The number of pyridine rings is 1. The molecule has 0 atom stereocenters. The summed E-state index contributed by atoms with van der Waals surface area (Å²) in [5, 5.41) is 20.1. The van der Waals surface area contributed by atoms with Crippen LogP contribution in [0.5, 0.6) is 0 Å². The van der Waals surface area contributed by atoms with E-state index in [0.29, 0.717) is 25.9 Å². The number of nitrogens with one attached hydrogen (secondary N) is 2.